The molecule has 0 bridgehead atoms. The molecule has 1 atom stereocenters. The molecule has 10 heteroatoms. The lowest BCUT2D eigenvalue weighted by Crippen LogP contribution is -2.27. The van der Waals surface area contributed by atoms with Crippen molar-refractivity contribution in [2.45, 2.75) is 39.3 Å². The number of rotatable bonds is 5. The lowest BCUT2D eigenvalue weighted by atomic mass is 10.0. The van der Waals surface area contributed by atoms with E-state index in [0.29, 0.717) is 15.3 Å². The molecule has 1 fully saturated rings. The number of hydrogen-bond donors (Lipinski definition) is 1. The quantitative estimate of drug-likeness (QED) is 0.475. The molecule has 1 unspecified atom stereocenters. The molecule has 0 saturated carbocycles. The summed E-state index contributed by atoms with van der Waals surface area (Å²) >= 11 is 2.78. The number of fused-ring (bicyclic) bond motifs is 1. The number of hydrogen-bond acceptors (Lipinski definition) is 8. The van der Waals surface area contributed by atoms with E-state index in [4.69, 9.17) is 4.74 Å². The van der Waals surface area contributed by atoms with Gasteiger partial charge in [0.2, 0.25) is 11.0 Å². The Morgan fingerprint density at radius 3 is 2.78 bits per heavy atom. The minimum absolute atomic E-state index is 0.0468. The summed E-state index contributed by atoms with van der Waals surface area (Å²) in [5.41, 5.74) is 2.76. The zero-order valence-corrected chi connectivity index (χ0v) is 19.3. The molecule has 164 valence electrons. The van der Waals surface area contributed by atoms with Gasteiger partial charge in [0.05, 0.1) is 11.7 Å². The van der Waals surface area contributed by atoms with Crippen LogP contribution in [0.25, 0.3) is 21.3 Å². The number of aromatic nitrogens is 4. The molecule has 1 aliphatic rings. The molecule has 5 rings (SSSR count). The third-order valence-electron chi connectivity index (χ3n) is 5.40. The first-order chi connectivity index (χ1) is 15.5. The van der Waals surface area contributed by atoms with E-state index in [2.05, 4.69) is 20.5 Å². The summed E-state index contributed by atoms with van der Waals surface area (Å²) in [5, 5.41) is 12.6. The first-order valence-electron chi connectivity index (χ1n) is 10.3. The smallest absolute Gasteiger partial charge is 0.263 e. The van der Waals surface area contributed by atoms with Crippen LogP contribution in [-0.4, -0.2) is 32.3 Å². The molecule has 4 aromatic rings. The van der Waals surface area contributed by atoms with Crippen molar-refractivity contribution >= 4 is 43.9 Å². The van der Waals surface area contributed by atoms with Crippen LogP contribution in [0.1, 0.15) is 34.4 Å². The van der Waals surface area contributed by atoms with Crippen molar-refractivity contribution in [2.24, 2.45) is 0 Å². The first kappa shape index (κ1) is 20.9. The molecule has 32 heavy (non-hydrogen) atoms. The lowest BCUT2D eigenvalue weighted by Gasteiger charge is -2.07. The number of thiophene rings is 1. The van der Waals surface area contributed by atoms with Crippen molar-refractivity contribution in [3.05, 3.63) is 56.4 Å². The van der Waals surface area contributed by atoms with Crippen LogP contribution in [0.15, 0.2) is 35.4 Å². The second-order valence-corrected chi connectivity index (χ2v) is 9.96. The third-order valence-corrected chi connectivity index (χ3v) is 7.35. The number of benzene rings is 1. The van der Waals surface area contributed by atoms with E-state index < -0.39 is 0 Å². The molecular weight excluding hydrogens is 446 g/mol. The summed E-state index contributed by atoms with van der Waals surface area (Å²) in [5.74, 6) is -0.355. The fourth-order valence-corrected chi connectivity index (χ4v) is 5.67. The third kappa shape index (κ3) is 3.96. The molecule has 1 amide bonds. The van der Waals surface area contributed by atoms with Crippen molar-refractivity contribution < 1.29 is 9.53 Å². The van der Waals surface area contributed by atoms with Crippen molar-refractivity contribution in [1.82, 2.24) is 19.7 Å². The monoisotopic (exact) mass is 467 g/mol. The largest absolute Gasteiger partial charge is 0.371 e. The van der Waals surface area contributed by atoms with Crippen LogP contribution in [0.4, 0.5) is 5.13 Å². The Kier molecular flexibility index (Phi) is 5.58. The minimum Gasteiger partial charge on any atom is -0.371 e. The molecule has 0 radical (unpaired) electrons. The number of ether oxygens (including phenoxy) is 1. The molecule has 0 aliphatic carbocycles. The van der Waals surface area contributed by atoms with Gasteiger partial charge < -0.3 is 4.74 Å². The summed E-state index contributed by atoms with van der Waals surface area (Å²) in [6, 6.07) is 8.06. The predicted molar refractivity (Wildman–Crippen MR) is 125 cm³/mol. The van der Waals surface area contributed by atoms with Crippen LogP contribution in [0.3, 0.4) is 0 Å². The van der Waals surface area contributed by atoms with Gasteiger partial charge in [-0.25, -0.2) is 4.98 Å². The summed E-state index contributed by atoms with van der Waals surface area (Å²) in [6.45, 7) is 4.58. The Labute approximate surface area is 191 Å². The molecule has 0 spiro atoms. The summed E-state index contributed by atoms with van der Waals surface area (Å²) < 4.78 is 6.95. The van der Waals surface area contributed by atoms with Crippen molar-refractivity contribution in [3.63, 3.8) is 0 Å². The molecular formula is C22H21N5O3S2. The van der Waals surface area contributed by atoms with Crippen LogP contribution in [-0.2, 0) is 16.1 Å². The Morgan fingerprint density at radius 1 is 1.22 bits per heavy atom. The van der Waals surface area contributed by atoms with Gasteiger partial charge in [-0.3, -0.25) is 19.5 Å². The molecule has 3 aromatic heterocycles. The van der Waals surface area contributed by atoms with Crippen molar-refractivity contribution in [2.75, 3.05) is 11.9 Å². The number of anilines is 1. The molecule has 1 aromatic carbocycles. The van der Waals surface area contributed by atoms with Gasteiger partial charge in [0.15, 0.2) is 0 Å². The van der Waals surface area contributed by atoms with Crippen molar-refractivity contribution in [3.8, 4) is 11.1 Å². The van der Waals surface area contributed by atoms with Crippen LogP contribution >= 0.6 is 22.7 Å². The second kappa shape index (κ2) is 8.53. The highest BCUT2D eigenvalue weighted by molar-refractivity contribution is 7.19. The van der Waals surface area contributed by atoms with Crippen LogP contribution in [0.5, 0.6) is 0 Å². The fourth-order valence-electron chi connectivity index (χ4n) is 3.82. The Hall–Kier alpha value is -2.95. The van der Waals surface area contributed by atoms with Gasteiger partial charge >= 0.3 is 0 Å². The minimum atomic E-state index is -0.355. The van der Waals surface area contributed by atoms with E-state index in [-0.39, 0.29) is 24.1 Å². The van der Waals surface area contributed by atoms with Gasteiger partial charge in [0.25, 0.3) is 5.56 Å². The molecule has 1 saturated heterocycles. The van der Waals surface area contributed by atoms with E-state index in [0.717, 1.165) is 46.0 Å². The van der Waals surface area contributed by atoms with E-state index in [1.54, 1.807) is 0 Å². The number of nitrogens with zero attached hydrogens (tertiary/aromatic N) is 4. The Morgan fingerprint density at radius 2 is 2.03 bits per heavy atom. The molecule has 1 aliphatic heterocycles. The number of aryl methyl sites for hydroxylation is 2. The van der Waals surface area contributed by atoms with Crippen LogP contribution in [0, 0.1) is 13.8 Å². The number of carbonyl (C=O) groups is 1. The predicted octanol–water partition coefficient (Wildman–Crippen LogP) is 4.08. The Bertz CT molecular complexity index is 1350. The highest BCUT2D eigenvalue weighted by Gasteiger charge is 2.23. The van der Waals surface area contributed by atoms with Crippen molar-refractivity contribution in [1.29, 1.82) is 0 Å². The molecule has 4 heterocycles. The van der Waals surface area contributed by atoms with Gasteiger partial charge in [0, 0.05) is 17.0 Å². The Balaban J connectivity index is 1.40. The molecule has 1 N–H and O–H groups in total. The number of nitrogens with one attached hydrogen (secondary N) is 1. The average Bonchev–Trinajstić information content (AvgIpc) is 3.51. The maximum atomic E-state index is 13.3. The lowest BCUT2D eigenvalue weighted by molar-refractivity contribution is -0.116. The number of carbonyl (C=O) groups excluding carboxylic acids is 1. The van der Waals surface area contributed by atoms with Gasteiger partial charge in [0.1, 0.15) is 22.5 Å². The SMILES string of the molecule is Cc1ccc(-c2c(C)sc3ncn(CC(=O)Nc4nnc(C5CCCO5)s4)c(=O)c23)cc1. The second-order valence-electron chi connectivity index (χ2n) is 7.75. The van der Waals surface area contributed by atoms with Crippen LogP contribution < -0.4 is 10.9 Å². The number of amides is 1. The summed E-state index contributed by atoms with van der Waals surface area (Å²) in [6.07, 6.45) is 3.29. The maximum Gasteiger partial charge on any atom is 0.263 e. The van der Waals surface area contributed by atoms with Gasteiger partial charge in [-0.1, -0.05) is 41.2 Å². The standard InChI is InChI=1S/C22H21N5O3S2/c1-12-5-7-14(8-6-12)17-13(2)31-20-18(17)21(29)27(11-23-20)10-16(28)24-22-26-25-19(32-22)15-4-3-9-30-15/h5-8,11,15H,3-4,9-10H2,1-2H3,(H,24,26,28). The zero-order valence-electron chi connectivity index (χ0n) is 17.6. The summed E-state index contributed by atoms with van der Waals surface area (Å²) in [4.78, 5) is 32.0. The first-order valence-corrected chi connectivity index (χ1v) is 11.9. The fraction of sp³-hybridized carbons (Fsp3) is 0.318. The highest BCUT2D eigenvalue weighted by Crippen LogP contribution is 2.35. The van der Waals surface area contributed by atoms with E-state index >= 15 is 0 Å². The van der Waals surface area contributed by atoms with E-state index in [9.17, 15) is 9.59 Å². The normalized spacial score (nSPS) is 16.0. The van der Waals surface area contributed by atoms with Gasteiger partial charge in [-0.05, 0) is 32.3 Å². The zero-order chi connectivity index (χ0) is 22.2. The average molecular weight is 468 g/mol. The topological polar surface area (TPSA) is 99.0 Å². The summed E-state index contributed by atoms with van der Waals surface area (Å²) in [7, 11) is 0. The maximum absolute atomic E-state index is 13.3. The van der Waals surface area contributed by atoms with Gasteiger partial charge in [-0.2, -0.15) is 0 Å². The van der Waals surface area contributed by atoms with E-state index in [1.807, 2.05) is 38.1 Å². The molecule has 8 nitrogen and oxygen atoms in total. The van der Waals surface area contributed by atoms with Gasteiger partial charge in [-0.15, -0.1) is 21.5 Å². The van der Waals surface area contributed by atoms with E-state index in [1.165, 1.54) is 33.6 Å². The van der Waals surface area contributed by atoms with Crippen LogP contribution in [0.2, 0.25) is 0 Å². The highest BCUT2D eigenvalue weighted by atomic mass is 32.1.